The van der Waals surface area contributed by atoms with Gasteiger partial charge >= 0.3 is 0 Å². The third kappa shape index (κ3) is 4.90. The Morgan fingerprint density at radius 1 is 0.871 bits per heavy atom. The minimum absolute atomic E-state index is 0.0161. The molecule has 0 atom stereocenters. The topological polar surface area (TPSA) is 51.2 Å². The Labute approximate surface area is 204 Å². The van der Waals surface area contributed by atoms with Crippen LogP contribution in [-0.4, -0.2) is 55.3 Å². The fourth-order valence-electron chi connectivity index (χ4n) is 3.39. The van der Waals surface area contributed by atoms with Crippen LogP contribution in [0, 0.1) is 0 Å². The van der Waals surface area contributed by atoms with Crippen LogP contribution in [0.4, 0.5) is 0 Å². The minimum Gasteiger partial charge on any atom is -0.481 e. The monoisotopic (exact) mass is 524 g/mol. The number of nitrogens with zero attached hydrogens (tertiary/aromatic N) is 2. The molecule has 0 bridgehead atoms. The highest BCUT2D eigenvalue weighted by Gasteiger charge is 2.25. The summed E-state index contributed by atoms with van der Waals surface area (Å²) >= 11 is 30.3. The van der Waals surface area contributed by atoms with Gasteiger partial charge in [-0.1, -0.05) is 64.1 Å². The Hall–Kier alpha value is -1.28. The molecule has 31 heavy (non-hydrogen) atoms. The van der Waals surface area contributed by atoms with E-state index in [1.165, 1.54) is 0 Å². The zero-order valence-electron chi connectivity index (χ0n) is 16.1. The Kier molecular flexibility index (Phi) is 7.16. The molecular weight excluding hydrogens is 509 g/mol. The van der Waals surface area contributed by atoms with E-state index in [9.17, 15) is 4.79 Å². The standard InChI is InChI=1S/C20H17Cl5N2O4/c21-15-16(22)18(24)20(19(25)17(15)23)29-9-14(28)27-5-3-26(4-6-27)8-11-1-2-12-13(7-11)31-10-30-12/h1-2,7H,3-6,8-10H2. The van der Waals surface area contributed by atoms with Gasteiger partial charge in [0, 0.05) is 32.7 Å². The second kappa shape index (κ2) is 9.69. The molecule has 0 N–H and O–H groups in total. The Balaban J connectivity index is 1.30. The fraction of sp³-hybridized carbons (Fsp3) is 0.350. The van der Waals surface area contributed by atoms with E-state index in [0.717, 1.165) is 36.7 Å². The van der Waals surface area contributed by atoms with Gasteiger partial charge in [0.15, 0.2) is 23.9 Å². The van der Waals surface area contributed by atoms with Crippen LogP contribution in [0.2, 0.25) is 25.1 Å². The summed E-state index contributed by atoms with van der Waals surface area (Å²) in [5, 5.41) is 0.120. The van der Waals surface area contributed by atoms with Crippen LogP contribution in [0.15, 0.2) is 18.2 Å². The molecule has 4 rings (SSSR count). The van der Waals surface area contributed by atoms with E-state index in [1.54, 1.807) is 4.90 Å². The Bertz CT molecular complexity index is 983. The number of rotatable bonds is 5. The van der Waals surface area contributed by atoms with Gasteiger partial charge in [-0.3, -0.25) is 9.69 Å². The maximum absolute atomic E-state index is 12.6. The summed E-state index contributed by atoms with van der Waals surface area (Å²) in [6.45, 7) is 3.41. The maximum Gasteiger partial charge on any atom is 0.260 e. The van der Waals surface area contributed by atoms with Gasteiger partial charge < -0.3 is 19.1 Å². The summed E-state index contributed by atoms with van der Waals surface area (Å²) in [5.74, 6) is 1.39. The first-order valence-corrected chi connectivity index (χ1v) is 11.3. The van der Waals surface area contributed by atoms with Crippen molar-refractivity contribution in [3.63, 3.8) is 0 Å². The number of benzene rings is 2. The van der Waals surface area contributed by atoms with Crippen molar-refractivity contribution < 1.29 is 19.0 Å². The van der Waals surface area contributed by atoms with Gasteiger partial charge in [0.25, 0.3) is 5.91 Å². The Morgan fingerprint density at radius 2 is 1.48 bits per heavy atom. The molecule has 2 aliphatic heterocycles. The van der Waals surface area contributed by atoms with Gasteiger partial charge in [0.2, 0.25) is 6.79 Å². The van der Waals surface area contributed by atoms with E-state index in [4.69, 9.17) is 72.2 Å². The molecule has 2 heterocycles. The van der Waals surface area contributed by atoms with Crippen molar-refractivity contribution >= 4 is 63.9 Å². The van der Waals surface area contributed by atoms with Gasteiger partial charge in [-0.15, -0.1) is 0 Å². The van der Waals surface area contributed by atoms with E-state index in [2.05, 4.69) is 4.90 Å². The number of fused-ring (bicyclic) bond motifs is 1. The molecule has 6 nitrogen and oxygen atoms in total. The van der Waals surface area contributed by atoms with E-state index in [0.29, 0.717) is 13.1 Å². The van der Waals surface area contributed by atoms with Crippen LogP contribution in [0.25, 0.3) is 0 Å². The third-order valence-corrected chi connectivity index (χ3v) is 7.32. The predicted octanol–water partition coefficient (Wildman–Crippen LogP) is 5.41. The zero-order chi connectivity index (χ0) is 22.1. The van der Waals surface area contributed by atoms with Crippen molar-refractivity contribution in [3.05, 3.63) is 48.9 Å². The van der Waals surface area contributed by atoms with E-state index in [-0.39, 0.29) is 50.2 Å². The third-order valence-electron chi connectivity index (χ3n) is 5.08. The van der Waals surface area contributed by atoms with Crippen molar-refractivity contribution in [3.8, 4) is 17.2 Å². The molecule has 0 unspecified atom stereocenters. The summed E-state index contributed by atoms with van der Waals surface area (Å²) in [4.78, 5) is 16.6. The molecule has 1 fully saturated rings. The van der Waals surface area contributed by atoms with Crippen molar-refractivity contribution in [2.75, 3.05) is 39.6 Å². The summed E-state index contributed by atoms with van der Waals surface area (Å²) in [6.07, 6.45) is 0. The zero-order valence-corrected chi connectivity index (χ0v) is 19.9. The SMILES string of the molecule is O=C(COc1c(Cl)c(Cl)c(Cl)c(Cl)c1Cl)N1CCN(Cc2ccc3c(c2)OCO3)CC1. The lowest BCUT2D eigenvalue weighted by Gasteiger charge is -2.34. The molecule has 0 saturated carbocycles. The van der Waals surface area contributed by atoms with Crippen molar-refractivity contribution in [2.45, 2.75) is 6.54 Å². The molecule has 0 spiro atoms. The predicted molar refractivity (Wildman–Crippen MR) is 121 cm³/mol. The largest absolute Gasteiger partial charge is 0.481 e. The molecule has 0 aliphatic carbocycles. The van der Waals surface area contributed by atoms with Gasteiger partial charge in [-0.25, -0.2) is 0 Å². The molecular formula is C20H17Cl5N2O4. The summed E-state index contributed by atoms with van der Waals surface area (Å²) in [5.41, 5.74) is 1.13. The second-order valence-corrected chi connectivity index (χ2v) is 8.92. The molecule has 11 heteroatoms. The summed E-state index contributed by atoms with van der Waals surface area (Å²) < 4.78 is 16.3. The highest BCUT2D eigenvalue weighted by atomic mass is 35.5. The van der Waals surface area contributed by atoms with E-state index < -0.39 is 0 Å². The first kappa shape index (κ1) is 22.9. The van der Waals surface area contributed by atoms with Crippen molar-refractivity contribution in [1.82, 2.24) is 9.80 Å². The van der Waals surface area contributed by atoms with Crippen LogP contribution < -0.4 is 14.2 Å². The number of carbonyl (C=O) groups is 1. The van der Waals surface area contributed by atoms with Crippen LogP contribution in [0.3, 0.4) is 0 Å². The lowest BCUT2D eigenvalue weighted by atomic mass is 10.1. The molecule has 2 aromatic rings. The Morgan fingerprint density at radius 3 is 2.16 bits per heavy atom. The van der Waals surface area contributed by atoms with Crippen molar-refractivity contribution in [1.29, 1.82) is 0 Å². The average molecular weight is 527 g/mol. The molecule has 1 saturated heterocycles. The molecule has 2 aliphatic rings. The fourth-order valence-corrected chi connectivity index (χ4v) is 4.62. The van der Waals surface area contributed by atoms with Crippen molar-refractivity contribution in [2.24, 2.45) is 0 Å². The van der Waals surface area contributed by atoms with Crippen LogP contribution >= 0.6 is 58.0 Å². The van der Waals surface area contributed by atoms with Crippen LogP contribution in [0.1, 0.15) is 5.56 Å². The highest BCUT2D eigenvalue weighted by molar-refractivity contribution is 6.55. The molecule has 166 valence electrons. The average Bonchev–Trinajstić information content (AvgIpc) is 3.24. The summed E-state index contributed by atoms with van der Waals surface area (Å²) in [6, 6.07) is 5.93. The minimum atomic E-state index is -0.240. The van der Waals surface area contributed by atoms with Gasteiger partial charge in [-0.05, 0) is 17.7 Å². The van der Waals surface area contributed by atoms with Crippen LogP contribution in [0.5, 0.6) is 17.2 Å². The van der Waals surface area contributed by atoms with E-state index in [1.807, 2.05) is 18.2 Å². The number of amides is 1. The lowest BCUT2D eigenvalue weighted by molar-refractivity contribution is -0.135. The molecule has 0 radical (unpaired) electrons. The number of carbonyl (C=O) groups excluding carboxylic acids is 1. The number of piperazine rings is 1. The molecule has 2 aromatic carbocycles. The number of halogens is 5. The van der Waals surface area contributed by atoms with Gasteiger partial charge in [-0.2, -0.15) is 0 Å². The normalized spacial score (nSPS) is 16.0. The first-order chi connectivity index (χ1) is 14.8. The quantitative estimate of drug-likeness (QED) is 0.386. The van der Waals surface area contributed by atoms with Gasteiger partial charge in [0.05, 0.1) is 15.1 Å². The number of hydrogen-bond acceptors (Lipinski definition) is 5. The highest BCUT2D eigenvalue weighted by Crippen LogP contribution is 2.48. The number of ether oxygens (including phenoxy) is 3. The smallest absolute Gasteiger partial charge is 0.260 e. The first-order valence-electron chi connectivity index (χ1n) is 9.38. The summed E-state index contributed by atoms with van der Waals surface area (Å²) in [7, 11) is 0. The maximum atomic E-state index is 12.6. The lowest BCUT2D eigenvalue weighted by Crippen LogP contribution is -2.49. The molecule has 0 aromatic heterocycles. The van der Waals surface area contributed by atoms with E-state index >= 15 is 0 Å². The second-order valence-electron chi connectivity index (χ2n) is 7.03. The van der Waals surface area contributed by atoms with Crippen LogP contribution in [-0.2, 0) is 11.3 Å². The molecule has 1 amide bonds. The van der Waals surface area contributed by atoms with Gasteiger partial charge in [0.1, 0.15) is 10.0 Å². The number of hydrogen-bond donors (Lipinski definition) is 0.